The van der Waals surface area contributed by atoms with Crippen molar-refractivity contribution >= 4 is 17.3 Å². The maximum atomic E-state index is 11.0. The van der Waals surface area contributed by atoms with Crippen LogP contribution in [0.15, 0.2) is 18.2 Å². The van der Waals surface area contributed by atoms with Gasteiger partial charge < -0.3 is 20.9 Å². The third-order valence-corrected chi connectivity index (χ3v) is 2.30. The summed E-state index contributed by atoms with van der Waals surface area (Å²) in [5.74, 6) is -0.790. The molecular formula is C11H15N3O5. The van der Waals surface area contributed by atoms with Gasteiger partial charge in [-0.25, -0.2) is 0 Å². The number of primary amides is 1. The monoisotopic (exact) mass is 269 g/mol. The van der Waals surface area contributed by atoms with Crippen LogP contribution in [-0.2, 0) is 4.79 Å². The SMILES string of the molecule is CCOc1cccc(NCC(O)C(N)=O)c1[N+](=O)[O-]. The second-order valence-electron chi connectivity index (χ2n) is 3.64. The molecule has 0 aliphatic heterocycles. The van der Waals surface area contributed by atoms with Crippen LogP contribution in [0, 0.1) is 10.1 Å². The first-order chi connectivity index (χ1) is 8.97. The fourth-order valence-corrected chi connectivity index (χ4v) is 1.43. The molecule has 0 aliphatic carbocycles. The number of nitrogens with one attached hydrogen (secondary N) is 1. The van der Waals surface area contributed by atoms with Gasteiger partial charge >= 0.3 is 5.69 Å². The van der Waals surface area contributed by atoms with Crippen LogP contribution in [0.3, 0.4) is 0 Å². The average molecular weight is 269 g/mol. The van der Waals surface area contributed by atoms with E-state index in [2.05, 4.69) is 5.32 Å². The lowest BCUT2D eigenvalue weighted by atomic mass is 10.2. The van der Waals surface area contributed by atoms with Gasteiger partial charge in [0.2, 0.25) is 5.91 Å². The Kier molecular flexibility index (Phi) is 5.07. The van der Waals surface area contributed by atoms with Crippen molar-refractivity contribution in [2.45, 2.75) is 13.0 Å². The molecule has 0 saturated heterocycles. The lowest BCUT2D eigenvalue weighted by Gasteiger charge is -2.12. The largest absolute Gasteiger partial charge is 0.487 e. The Labute approximate surface area is 109 Å². The predicted molar refractivity (Wildman–Crippen MR) is 68.0 cm³/mol. The number of nitro groups is 1. The lowest BCUT2D eigenvalue weighted by molar-refractivity contribution is -0.384. The summed E-state index contributed by atoms with van der Waals surface area (Å²) in [4.78, 5) is 21.1. The van der Waals surface area contributed by atoms with Gasteiger partial charge in [0.05, 0.1) is 18.1 Å². The number of aliphatic hydroxyl groups excluding tert-OH is 1. The molecule has 104 valence electrons. The summed E-state index contributed by atoms with van der Waals surface area (Å²) in [5.41, 5.74) is 4.79. The summed E-state index contributed by atoms with van der Waals surface area (Å²) in [6.07, 6.45) is -1.42. The Morgan fingerprint density at radius 2 is 2.32 bits per heavy atom. The van der Waals surface area contributed by atoms with E-state index < -0.39 is 16.9 Å². The van der Waals surface area contributed by atoms with Gasteiger partial charge in [-0.05, 0) is 19.1 Å². The average Bonchev–Trinajstić information content (AvgIpc) is 2.35. The first kappa shape index (κ1) is 14.7. The van der Waals surface area contributed by atoms with E-state index in [1.54, 1.807) is 13.0 Å². The van der Waals surface area contributed by atoms with Gasteiger partial charge in [-0.15, -0.1) is 0 Å². The summed E-state index contributed by atoms with van der Waals surface area (Å²) in [7, 11) is 0. The number of nitro benzene ring substituents is 1. The topological polar surface area (TPSA) is 128 Å². The molecule has 0 heterocycles. The van der Waals surface area contributed by atoms with Crippen LogP contribution in [0.1, 0.15) is 6.92 Å². The first-order valence-corrected chi connectivity index (χ1v) is 5.58. The third kappa shape index (κ3) is 3.81. The van der Waals surface area contributed by atoms with Gasteiger partial charge in [-0.2, -0.15) is 0 Å². The fourth-order valence-electron chi connectivity index (χ4n) is 1.43. The van der Waals surface area contributed by atoms with Gasteiger partial charge in [0.15, 0.2) is 5.75 Å². The molecule has 0 spiro atoms. The second kappa shape index (κ2) is 6.55. The molecule has 0 fully saturated rings. The number of aliphatic hydroxyl groups is 1. The number of anilines is 1. The molecule has 8 nitrogen and oxygen atoms in total. The van der Waals surface area contributed by atoms with Crippen LogP contribution in [0.4, 0.5) is 11.4 Å². The molecule has 0 bridgehead atoms. The normalized spacial score (nSPS) is 11.7. The number of hydrogen-bond donors (Lipinski definition) is 3. The quantitative estimate of drug-likeness (QED) is 0.481. The third-order valence-electron chi connectivity index (χ3n) is 2.30. The highest BCUT2D eigenvalue weighted by Crippen LogP contribution is 2.34. The van der Waals surface area contributed by atoms with Crippen LogP contribution < -0.4 is 15.8 Å². The summed E-state index contributed by atoms with van der Waals surface area (Å²) >= 11 is 0. The van der Waals surface area contributed by atoms with E-state index in [0.29, 0.717) is 0 Å². The Balaban J connectivity index is 2.96. The molecule has 8 heteroatoms. The van der Waals surface area contributed by atoms with E-state index in [1.165, 1.54) is 12.1 Å². The van der Waals surface area contributed by atoms with Crippen LogP contribution in [0.5, 0.6) is 5.75 Å². The molecule has 0 aliphatic rings. The maximum Gasteiger partial charge on any atom is 0.333 e. The number of carbonyl (C=O) groups is 1. The minimum absolute atomic E-state index is 0.117. The van der Waals surface area contributed by atoms with E-state index in [0.717, 1.165) is 0 Å². The summed E-state index contributed by atoms with van der Waals surface area (Å²) in [5, 5.41) is 22.9. The van der Waals surface area contributed by atoms with Gasteiger partial charge in [-0.3, -0.25) is 14.9 Å². The first-order valence-electron chi connectivity index (χ1n) is 5.58. The van der Waals surface area contributed by atoms with E-state index in [1.807, 2.05) is 0 Å². The molecule has 1 unspecified atom stereocenters. The number of nitrogens with two attached hydrogens (primary N) is 1. The van der Waals surface area contributed by atoms with Gasteiger partial charge in [0, 0.05) is 0 Å². The molecule has 1 aromatic carbocycles. The van der Waals surface area contributed by atoms with E-state index >= 15 is 0 Å². The molecular weight excluding hydrogens is 254 g/mol. The zero-order chi connectivity index (χ0) is 14.4. The Bertz CT molecular complexity index is 477. The Hall–Kier alpha value is -2.35. The molecule has 1 atom stereocenters. The Morgan fingerprint density at radius 3 is 2.84 bits per heavy atom. The minimum atomic E-state index is -1.42. The highest BCUT2D eigenvalue weighted by atomic mass is 16.6. The van der Waals surface area contributed by atoms with Crippen molar-refractivity contribution in [2.24, 2.45) is 5.73 Å². The smallest absolute Gasteiger partial charge is 0.333 e. The standard InChI is InChI=1S/C11H15N3O5/c1-2-19-9-5-3-4-7(10(9)14(17)18)13-6-8(15)11(12)16/h3-5,8,13,15H,2,6H2,1H3,(H2,12,16). The summed E-state index contributed by atoms with van der Waals surface area (Å²) in [6.45, 7) is 1.78. The number of ether oxygens (including phenoxy) is 1. The van der Waals surface area contributed by atoms with E-state index in [4.69, 9.17) is 10.5 Å². The van der Waals surface area contributed by atoms with Crippen LogP contribution in [0.2, 0.25) is 0 Å². The predicted octanol–water partition coefficient (Wildman–Crippen LogP) is 0.252. The highest BCUT2D eigenvalue weighted by Gasteiger charge is 2.21. The molecule has 1 amide bonds. The molecule has 4 N–H and O–H groups in total. The maximum absolute atomic E-state index is 11.0. The minimum Gasteiger partial charge on any atom is -0.487 e. The van der Waals surface area contributed by atoms with Crippen molar-refractivity contribution in [1.29, 1.82) is 0 Å². The van der Waals surface area contributed by atoms with Crippen molar-refractivity contribution in [1.82, 2.24) is 0 Å². The highest BCUT2D eigenvalue weighted by molar-refractivity contribution is 5.79. The number of para-hydroxylation sites is 1. The van der Waals surface area contributed by atoms with Crippen LogP contribution in [0.25, 0.3) is 0 Å². The van der Waals surface area contributed by atoms with Gasteiger partial charge in [0.1, 0.15) is 11.8 Å². The van der Waals surface area contributed by atoms with Gasteiger partial charge in [-0.1, -0.05) is 6.07 Å². The number of hydrogen-bond acceptors (Lipinski definition) is 6. The molecule has 0 saturated carbocycles. The van der Waals surface area contributed by atoms with Crippen molar-refractivity contribution < 1.29 is 19.6 Å². The molecule has 0 aromatic heterocycles. The second-order valence-corrected chi connectivity index (χ2v) is 3.64. The number of carbonyl (C=O) groups excluding carboxylic acids is 1. The summed E-state index contributed by atoms with van der Waals surface area (Å²) in [6, 6.07) is 4.49. The van der Waals surface area contributed by atoms with Gasteiger partial charge in [0.25, 0.3) is 0 Å². The lowest BCUT2D eigenvalue weighted by Crippen LogP contribution is -2.34. The van der Waals surface area contributed by atoms with Crippen molar-refractivity contribution in [3.8, 4) is 5.75 Å². The van der Waals surface area contributed by atoms with E-state index in [-0.39, 0.29) is 30.3 Å². The fraction of sp³-hybridized carbons (Fsp3) is 0.364. The van der Waals surface area contributed by atoms with Crippen molar-refractivity contribution in [3.63, 3.8) is 0 Å². The zero-order valence-corrected chi connectivity index (χ0v) is 10.3. The van der Waals surface area contributed by atoms with Crippen LogP contribution in [-0.4, -0.2) is 35.2 Å². The molecule has 1 rings (SSSR count). The molecule has 0 radical (unpaired) electrons. The summed E-state index contributed by atoms with van der Waals surface area (Å²) < 4.78 is 5.16. The van der Waals surface area contributed by atoms with Crippen molar-refractivity contribution in [3.05, 3.63) is 28.3 Å². The Morgan fingerprint density at radius 1 is 1.63 bits per heavy atom. The van der Waals surface area contributed by atoms with Crippen LogP contribution >= 0.6 is 0 Å². The number of amides is 1. The number of rotatable bonds is 7. The molecule has 19 heavy (non-hydrogen) atoms. The molecule has 1 aromatic rings. The van der Waals surface area contributed by atoms with Crippen molar-refractivity contribution in [2.75, 3.05) is 18.5 Å². The zero-order valence-electron chi connectivity index (χ0n) is 10.3. The van der Waals surface area contributed by atoms with E-state index in [9.17, 15) is 20.0 Å². The number of benzene rings is 1. The number of nitrogens with zero attached hydrogens (tertiary/aromatic N) is 1.